The zero-order valence-electron chi connectivity index (χ0n) is 12.3. The molecule has 1 aliphatic heterocycles. The van der Waals surface area contributed by atoms with Gasteiger partial charge in [0.1, 0.15) is 4.38 Å². The summed E-state index contributed by atoms with van der Waals surface area (Å²) in [5, 5.41) is 0. The lowest BCUT2D eigenvalue weighted by atomic mass is 10.2. The number of aryl methyl sites for hydroxylation is 1. The summed E-state index contributed by atoms with van der Waals surface area (Å²) < 4.78 is 8.00. The standard InChI is InChI=1S/C17H14N2O2S2/c20-17-19(14-7-3-4-8-15(14)21-17)9-10-22-16-18-13-6-2-1-5-12(13)11-23-16/h1-8H,9-11H2. The molecule has 2 aromatic carbocycles. The average Bonchev–Trinajstić information content (AvgIpc) is 2.90. The van der Waals surface area contributed by atoms with Crippen LogP contribution in [0.2, 0.25) is 0 Å². The maximum atomic E-state index is 11.9. The molecule has 0 amide bonds. The van der Waals surface area contributed by atoms with Gasteiger partial charge in [0.2, 0.25) is 0 Å². The Morgan fingerprint density at radius 2 is 2.00 bits per heavy atom. The van der Waals surface area contributed by atoms with Crippen LogP contribution >= 0.6 is 23.5 Å². The van der Waals surface area contributed by atoms with Gasteiger partial charge in [-0.3, -0.25) is 4.57 Å². The molecule has 1 aliphatic rings. The average molecular weight is 342 g/mol. The van der Waals surface area contributed by atoms with Crippen LogP contribution in [0.15, 0.2) is 62.7 Å². The van der Waals surface area contributed by atoms with Crippen molar-refractivity contribution in [2.24, 2.45) is 4.99 Å². The topological polar surface area (TPSA) is 47.5 Å². The van der Waals surface area contributed by atoms with E-state index in [9.17, 15) is 4.79 Å². The van der Waals surface area contributed by atoms with Gasteiger partial charge in [0, 0.05) is 18.1 Å². The van der Waals surface area contributed by atoms with Gasteiger partial charge in [-0.1, -0.05) is 53.9 Å². The summed E-state index contributed by atoms with van der Waals surface area (Å²) in [4.78, 5) is 16.6. The number of hydrogen-bond acceptors (Lipinski definition) is 5. The highest BCUT2D eigenvalue weighted by Crippen LogP contribution is 2.34. The predicted molar refractivity (Wildman–Crippen MR) is 97.8 cm³/mol. The summed E-state index contributed by atoms with van der Waals surface area (Å²) in [5.74, 6) is 1.45. The van der Waals surface area contributed by atoms with E-state index in [-0.39, 0.29) is 5.76 Å². The van der Waals surface area contributed by atoms with E-state index >= 15 is 0 Å². The summed E-state index contributed by atoms with van der Waals surface area (Å²) in [5.41, 5.74) is 3.82. The van der Waals surface area contributed by atoms with E-state index in [1.165, 1.54) is 5.56 Å². The second-order valence-electron chi connectivity index (χ2n) is 5.13. The maximum absolute atomic E-state index is 11.9. The predicted octanol–water partition coefficient (Wildman–Crippen LogP) is 4.26. The Kier molecular flexibility index (Phi) is 4.01. The minimum atomic E-state index is -0.296. The highest BCUT2D eigenvalue weighted by atomic mass is 32.2. The Labute approximate surface area is 141 Å². The van der Waals surface area contributed by atoms with Crippen LogP contribution in [0.25, 0.3) is 11.1 Å². The Bertz CT molecular complexity index is 943. The van der Waals surface area contributed by atoms with Crippen molar-refractivity contribution in [3.8, 4) is 0 Å². The minimum absolute atomic E-state index is 0.296. The first-order valence-corrected chi connectivity index (χ1v) is 9.29. The summed E-state index contributed by atoms with van der Waals surface area (Å²) in [6.07, 6.45) is 0. The van der Waals surface area contributed by atoms with Crippen LogP contribution in [0.1, 0.15) is 5.56 Å². The van der Waals surface area contributed by atoms with Gasteiger partial charge >= 0.3 is 5.76 Å². The lowest BCUT2D eigenvalue weighted by Crippen LogP contribution is -2.15. The lowest BCUT2D eigenvalue weighted by molar-refractivity contribution is 0.514. The molecule has 2 heterocycles. The van der Waals surface area contributed by atoms with E-state index in [2.05, 4.69) is 11.1 Å². The number of oxazole rings is 1. The van der Waals surface area contributed by atoms with Crippen molar-refractivity contribution < 1.29 is 4.42 Å². The van der Waals surface area contributed by atoms with Crippen LogP contribution in [0.3, 0.4) is 0 Å². The molecule has 0 N–H and O–H groups in total. The molecule has 0 fully saturated rings. The van der Waals surface area contributed by atoms with Crippen molar-refractivity contribution in [1.82, 2.24) is 4.57 Å². The second-order valence-corrected chi connectivity index (χ2v) is 7.44. The normalized spacial score (nSPS) is 13.8. The highest BCUT2D eigenvalue weighted by molar-refractivity contribution is 8.38. The molecule has 4 rings (SSSR count). The monoisotopic (exact) mass is 342 g/mol. The smallest absolute Gasteiger partial charge is 0.408 e. The van der Waals surface area contributed by atoms with Gasteiger partial charge < -0.3 is 4.42 Å². The van der Waals surface area contributed by atoms with Crippen molar-refractivity contribution in [1.29, 1.82) is 0 Å². The van der Waals surface area contributed by atoms with E-state index in [4.69, 9.17) is 4.42 Å². The Morgan fingerprint density at radius 3 is 2.96 bits per heavy atom. The van der Waals surface area contributed by atoms with Gasteiger partial charge in [-0.25, -0.2) is 9.79 Å². The zero-order valence-corrected chi connectivity index (χ0v) is 13.9. The number of para-hydroxylation sites is 3. The second kappa shape index (κ2) is 6.29. The molecule has 0 saturated heterocycles. The molecule has 3 aromatic rings. The third-order valence-electron chi connectivity index (χ3n) is 3.67. The molecule has 0 aliphatic carbocycles. The first kappa shape index (κ1) is 14.7. The van der Waals surface area contributed by atoms with E-state index < -0.39 is 0 Å². The number of thioether (sulfide) groups is 2. The molecule has 0 saturated carbocycles. The van der Waals surface area contributed by atoms with Gasteiger partial charge in [-0.2, -0.15) is 0 Å². The summed E-state index contributed by atoms with van der Waals surface area (Å²) >= 11 is 3.44. The molecule has 0 bridgehead atoms. The molecule has 116 valence electrons. The largest absolute Gasteiger partial charge is 0.419 e. The number of benzene rings is 2. The molecular weight excluding hydrogens is 328 g/mol. The first-order chi connectivity index (χ1) is 11.3. The van der Waals surface area contributed by atoms with Gasteiger partial charge in [0.05, 0.1) is 11.2 Å². The van der Waals surface area contributed by atoms with Gasteiger partial charge in [0.15, 0.2) is 5.58 Å². The van der Waals surface area contributed by atoms with Crippen LogP contribution in [0.4, 0.5) is 5.69 Å². The van der Waals surface area contributed by atoms with Crippen molar-refractivity contribution in [3.05, 3.63) is 64.6 Å². The van der Waals surface area contributed by atoms with Crippen molar-refractivity contribution in [2.75, 3.05) is 5.75 Å². The number of hydrogen-bond donors (Lipinski definition) is 0. The van der Waals surface area contributed by atoms with Gasteiger partial charge in [0.25, 0.3) is 0 Å². The molecular formula is C17H14N2O2S2. The molecule has 0 atom stereocenters. The molecule has 1 aromatic heterocycles. The molecule has 4 nitrogen and oxygen atoms in total. The highest BCUT2D eigenvalue weighted by Gasteiger charge is 2.13. The Morgan fingerprint density at radius 1 is 1.17 bits per heavy atom. The Hall–Kier alpha value is -1.92. The quantitative estimate of drug-likeness (QED) is 0.713. The fraction of sp³-hybridized carbons (Fsp3) is 0.176. The van der Waals surface area contributed by atoms with E-state index in [1.54, 1.807) is 28.1 Å². The van der Waals surface area contributed by atoms with E-state index in [0.29, 0.717) is 12.1 Å². The number of rotatable bonds is 3. The first-order valence-electron chi connectivity index (χ1n) is 7.32. The van der Waals surface area contributed by atoms with Crippen molar-refractivity contribution in [3.63, 3.8) is 0 Å². The maximum Gasteiger partial charge on any atom is 0.419 e. The van der Waals surface area contributed by atoms with Crippen LogP contribution in [0.5, 0.6) is 0 Å². The fourth-order valence-electron chi connectivity index (χ4n) is 2.54. The van der Waals surface area contributed by atoms with Gasteiger partial charge in [-0.15, -0.1) is 0 Å². The van der Waals surface area contributed by atoms with Crippen LogP contribution in [-0.2, 0) is 12.3 Å². The summed E-state index contributed by atoms with van der Waals surface area (Å²) in [6, 6.07) is 15.7. The van der Waals surface area contributed by atoms with Crippen LogP contribution in [-0.4, -0.2) is 14.7 Å². The van der Waals surface area contributed by atoms with E-state index in [1.807, 2.05) is 42.5 Å². The SMILES string of the molecule is O=c1oc2ccccc2n1CCSC1=Nc2ccccc2CS1. The van der Waals surface area contributed by atoms with Crippen LogP contribution in [0, 0.1) is 0 Å². The third-order valence-corrected chi connectivity index (χ3v) is 5.89. The fourth-order valence-corrected chi connectivity index (χ4v) is 4.59. The Balaban J connectivity index is 1.47. The number of aromatic nitrogens is 1. The summed E-state index contributed by atoms with van der Waals surface area (Å²) in [6.45, 7) is 0.613. The number of aliphatic imine (C=N–C) groups is 1. The zero-order chi connectivity index (χ0) is 15.6. The summed E-state index contributed by atoms with van der Waals surface area (Å²) in [7, 11) is 0. The number of nitrogens with zero attached hydrogens (tertiary/aromatic N) is 2. The third kappa shape index (κ3) is 2.96. The van der Waals surface area contributed by atoms with Crippen molar-refractivity contribution >= 4 is 44.7 Å². The molecule has 0 radical (unpaired) electrons. The van der Waals surface area contributed by atoms with Crippen LogP contribution < -0.4 is 5.76 Å². The minimum Gasteiger partial charge on any atom is -0.408 e. The lowest BCUT2D eigenvalue weighted by Gasteiger charge is -2.14. The molecule has 23 heavy (non-hydrogen) atoms. The van der Waals surface area contributed by atoms with Crippen molar-refractivity contribution in [2.45, 2.75) is 12.3 Å². The van der Waals surface area contributed by atoms with Gasteiger partial charge in [-0.05, 0) is 23.8 Å². The number of fused-ring (bicyclic) bond motifs is 2. The molecule has 6 heteroatoms. The molecule has 0 spiro atoms. The molecule has 0 unspecified atom stereocenters. The van der Waals surface area contributed by atoms with E-state index in [0.717, 1.165) is 27.1 Å².